The molecule has 0 unspecified atom stereocenters. The maximum Gasteiger partial charge on any atom is 0.102 e. The molecule has 0 saturated carbocycles. The van der Waals surface area contributed by atoms with E-state index in [-0.39, 0.29) is 5.41 Å². The van der Waals surface area contributed by atoms with Gasteiger partial charge in [-0.3, -0.25) is 0 Å². The Morgan fingerprint density at radius 2 is 1.26 bits per heavy atom. The molecule has 0 aliphatic carbocycles. The summed E-state index contributed by atoms with van der Waals surface area (Å²) in [6.07, 6.45) is 0. The molecule has 7 rings (SSSR count). The first-order chi connectivity index (χ1) is 20.1. The monoisotopic (exact) mass is 541 g/mol. The Hall–Kier alpha value is -5.12. The maximum absolute atomic E-state index is 10.8. The topological polar surface area (TPSA) is 52.5 Å². The molecule has 42 heavy (non-hydrogen) atoms. The lowest BCUT2D eigenvalue weighted by molar-refractivity contribution is 0.580. The van der Waals surface area contributed by atoms with Crippen LogP contribution >= 0.6 is 0 Å². The predicted octanol–water partition coefficient (Wildman–Crippen LogP) is 9.80. The number of hydrogen-bond acceptors (Lipinski definition) is 2. The van der Waals surface area contributed by atoms with Gasteiger partial charge in [0, 0.05) is 16.2 Å². The zero-order chi connectivity index (χ0) is 29.4. The average Bonchev–Trinajstić information content (AvgIpc) is 3.32. The molecule has 0 fully saturated rings. The van der Waals surface area contributed by atoms with Crippen molar-refractivity contribution in [3.8, 4) is 40.1 Å². The summed E-state index contributed by atoms with van der Waals surface area (Å²) in [5.41, 5.74) is 11.1. The van der Waals surface area contributed by atoms with Crippen LogP contribution in [0.2, 0.25) is 0 Å². The van der Waals surface area contributed by atoms with E-state index in [9.17, 15) is 10.5 Å². The second-order valence-corrected chi connectivity index (χ2v) is 12.9. The molecule has 1 aliphatic heterocycles. The van der Waals surface area contributed by atoms with Gasteiger partial charge >= 0.3 is 0 Å². The lowest BCUT2D eigenvalue weighted by atomic mass is 9.70. The van der Waals surface area contributed by atoms with Gasteiger partial charge < -0.3 is 4.57 Å². The van der Waals surface area contributed by atoms with Crippen LogP contribution in [-0.4, -0.2) is 4.57 Å². The van der Waals surface area contributed by atoms with Gasteiger partial charge in [-0.15, -0.1) is 0 Å². The Balaban J connectivity index is 1.70. The minimum absolute atomic E-state index is 0.380. The summed E-state index contributed by atoms with van der Waals surface area (Å²) in [7, 11) is 0. The molecule has 0 radical (unpaired) electrons. The number of rotatable bonds is 2. The molecule has 0 spiro atoms. The van der Waals surface area contributed by atoms with Crippen LogP contribution in [0.3, 0.4) is 0 Å². The molecule has 3 heteroatoms. The highest BCUT2D eigenvalue weighted by molar-refractivity contribution is 6.14. The van der Waals surface area contributed by atoms with Crippen LogP contribution in [-0.2, 0) is 10.8 Å². The zero-order valence-corrected chi connectivity index (χ0v) is 24.6. The van der Waals surface area contributed by atoms with Gasteiger partial charge in [0.1, 0.15) is 6.07 Å². The summed E-state index contributed by atoms with van der Waals surface area (Å²) in [6.45, 7) is 10.7. The molecule has 6 aromatic rings. The Labute approximate surface area is 246 Å². The summed E-state index contributed by atoms with van der Waals surface area (Å²) in [4.78, 5) is 0. The van der Waals surface area contributed by atoms with Crippen molar-refractivity contribution < 1.29 is 0 Å². The lowest BCUT2D eigenvalue weighted by Gasteiger charge is -2.37. The average molecular weight is 542 g/mol. The normalized spacial score (nSPS) is 13.5. The van der Waals surface area contributed by atoms with E-state index in [0.29, 0.717) is 11.1 Å². The van der Waals surface area contributed by atoms with Crippen molar-refractivity contribution in [3.05, 3.63) is 125 Å². The number of benzene rings is 5. The smallest absolute Gasteiger partial charge is 0.102 e. The molecule has 1 aliphatic rings. The Morgan fingerprint density at radius 3 is 1.86 bits per heavy atom. The van der Waals surface area contributed by atoms with Crippen molar-refractivity contribution >= 4 is 21.8 Å². The standard InChI is InChI=1S/C39H31N3/c1-38(2,3)35-28(22-40)21-33-37(31(35)23-41)42-34-17-16-26(24-12-8-6-9-13-24)18-29(34)30-19-27(25-14-10-7-11-15-25)20-32(36(30)42)39(33,4)5/h6-21H,1-5H3. The van der Waals surface area contributed by atoms with E-state index in [1.165, 1.54) is 16.5 Å². The van der Waals surface area contributed by atoms with Crippen LogP contribution in [0.5, 0.6) is 0 Å². The van der Waals surface area contributed by atoms with E-state index in [2.05, 4.69) is 130 Å². The SMILES string of the molecule is CC(C)(C)c1c(C#N)cc2c(c1C#N)-n1c3ccc(-c4ccccc4)cc3c3cc(-c4ccccc4)cc(c31)C2(C)C. The largest absolute Gasteiger partial charge is 0.307 e. The van der Waals surface area contributed by atoms with Crippen molar-refractivity contribution in [2.45, 2.75) is 45.4 Å². The van der Waals surface area contributed by atoms with E-state index < -0.39 is 5.41 Å². The quantitative estimate of drug-likeness (QED) is 0.219. The van der Waals surface area contributed by atoms with Gasteiger partial charge in [0.2, 0.25) is 0 Å². The fourth-order valence-corrected chi connectivity index (χ4v) is 6.97. The molecule has 202 valence electrons. The molecular formula is C39H31N3. The number of aromatic nitrogens is 1. The maximum atomic E-state index is 10.8. The summed E-state index contributed by atoms with van der Waals surface area (Å²) < 4.78 is 2.30. The van der Waals surface area contributed by atoms with E-state index in [1.54, 1.807) is 0 Å². The molecule has 1 aromatic heterocycles. The zero-order valence-electron chi connectivity index (χ0n) is 24.6. The molecule has 3 nitrogen and oxygen atoms in total. The summed E-state index contributed by atoms with van der Waals surface area (Å²) in [5.74, 6) is 0. The number of nitriles is 2. The number of fused-ring (bicyclic) bond motifs is 5. The Morgan fingerprint density at radius 1 is 0.643 bits per heavy atom. The molecule has 0 bridgehead atoms. The van der Waals surface area contributed by atoms with E-state index in [4.69, 9.17) is 0 Å². The first-order valence-electron chi connectivity index (χ1n) is 14.4. The van der Waals surface area contributed by atoms with Crippen LogP contribution < -0.4 is 0 Å². The van der Waals surface area contributed by atoms with E-state index in [0.717, 1.165) is 49.9 Å². The third-order valence-electron chi connectivity index (χ3n) is 8.93. The van der Waals surface area contributed by atoms with Gasteiger partial charge in [0.25, 0.3) is 0 Å². The number of hydrogen-bond donors (Lipinski definition) is 0. The highest BCUT2D eigenvalue weighted by Crippen LogP contribution is 2.52. The highest BCUT2D eigenvalue weighted by Gasteiger charge is 2.40. The van der Waals surface area contributed by atoms with Crippen LogP contribution in [0.25, 0.3) is 49.7 Å². The molecule has 0 amide bonds. The van der Waals surface area contributed by atoms with Gasteiger partial charge in [-0.25, -0.2) is 0 Å². The van der Waals surface area contributed by atoms with Crippen molar-refractivity contribution in [1.82, 2.24) is 4.57 Å². The molecule has 2 heterocycles. The first kappa shape index (κ1) is 25.8. The van der Waals surface area contributed by atoms with Crippen LogP contribution in [0.4, 0.5) is 0 Å². The molecule has 0 N–H and O–H groups in total. The van der Waals surface area contributed by atoms with Crippen LogP contribution in [0.15, 0.2) is 97.1 Å². The van der Waals surface area contributed by atoms with Gasteiger partial charge in [0.05, 0.1) is 33.9 Å². The van der Waals surface area contributed by atoms with Gasteiger partial charge in [0.15, 0.2) is 0 Å². The van der Waals surface area contributed by atoms with Gasteiger partial charge in [-0.05, 0) is 74.7 Å². The minimum atomic E-state index is -0.446. The fraction of sp³-hybridized carbons (Fsp3) is 0.179. The van der Waals surface area contributed by atoms with E-state index in [1.807, 2.05) is 18.2 Å². The Kier molecular flexibility index (Phi) is 5.50. The van der Waals surface area contributed by atoms with Crippen molar-refractivity contribution in [1.29, 1.82) is 10.5 Å². The van der Waals surface area contributed by atoms with Crippen LogP contribution in [0.1, 0.15) is 62.4 Å². The number of nitrogens with zero attached hydrogens (tertiary/aromatic N) is 3. The molecule has 5 aromatic carbocycles. The fourth-order valence-electron chi connectivity index (χ4n) is 6.97. The first-order valence-corrected chi connectivity index (χ1v) is 14.4. The molecule has 0 saturated heterocycles. The minimum Gasteiger partial charge on any atom is -0.307 e. The predicted molar refractivity (Wildman–Crippen MR) is 172 cm³/mol. The van der Waals surface area contributed by atoms with E-state index >= 15 is 0 Å². The molecular weight excluding hydrogens is 510 g/mol. The molecule has 0 atom stereocenters. The third kappa shape index (κ3) is 3.57. The van der Waals surface area contributed by atoms with Crippen molar-refractivity contribution in [2.24, 2.45) is 0 Å². The Bertz CT molecular complexity index is 2140. The second-order valence-electron chi connectivity index (χ2n) is 12.9. The van der Waals surface area contributed by atoms with Crippen LogP contribution in [0, 0.1) is 22.7 Å². The highest BCUT2D eigenvalue weighted by atomic mass is 15.0. The van der Waals surface area contributed by atoms with Crippen molar-refractivity contribution in [2.75, 3.05) is 0 Å². The summed E-state index contributed by atoms with van der Waals surface area (Å²) in [5, 5.41) is 23.4. The summed E-state index contributed by atoms with van der Waals surface area (Å²) >= 11 is 0. The van der Waals surface area contributed by atoms with Crippen molar-refractivity contribution in [3.63, 3.8) is 0 Å². The van der Waals surface area contributed by atoms with Gasteiger partial charge in [-0.1, -0.05) is 101 Å². The third-order valence-corrected chi connectivity index (χ3v) is 8.93. The second kappa shape index (κ2) is 8.94. The van der Waals surface area contributed by atoms with Gasteiger partial charge in [-0.2, -0.15) is 10.5 Å². The lowest BCUT2D eigenvalue weighted by Crippen LogP contribution is -2.29. The summed E-state index contributed by atoms with van der Waals surface area (Å²) in [6, 6.07) is 39.3.